The maximum atomic E-state index is 13.0. The molecule has 0 aromatic heterocycles. The third kappa shape index (κ3) is 2.28. The van der Waals surface area contributed by atoms with Crippen LogP contribution in [0.1, 0.15) is 37.3 Å². The molecule has 0 radical (unpaired) electrons. The van der Waals surface area contributed by atoms with E-state index in [-0.39, 0.29) is 6.04 Å². The minimum atomic E-state index is -3.34. The molecule has 5 heteroatoms. The standard InChI is InChI=1S/C15H22N2O2S/c1-2-13-6-4-10-17(13)20(18,19)15-7-3-5-12-11-16-9-8-14(12)15/h3,5,7,13,16H,2,4,6,8-11H2,1H3. The second kappa shape index (κ2) is 5.47. The lowest BCUT2D eigenvalue weighted by Gasteiger charge is -2.26. The highest BCUT2D eigenvalue weighted by molar-refractivity contribution is 7.89. The molecule has 2 heterocycles. The molecule has 1 aromatic rings. The van der Waals surface area contributed by atoms with Crippen molar-refractivity contribution in [2.75, 3.05) is 13.1 Å². The summed E-state index contributed by atoms with van der Waals surface area (Å²) in [5, 5.41) is 3.30. The first-order chi connectivity index (χ1) is 9.64. The number of hydrogen-bond donors (Lipinski definition) is 1. The Morgan fingerprint density at radius 2 is 2.25 bits per heavy atom. The summed E-state index contributed by atoms with van der Waals surface area (Å²) < 4.78 is 27.7. The Bertz CT molecular complexity index is 598. The van der Waals surface area contributed by atoms with Crippen LogP contribution in [-0.4, -0.2) is 31.9 Å². The van der Waals surface area contributed by atoms with Gasteiger partial charge in [-0.15, -0.1) is 0 Å². The zero-order chi connectivity index (χ0) is 14.2. The molecule has 3 rings (SSSR count). The summed E-state index contributed by atoms with van der Waals surface area (Å²) in [5.74, 6) is 0. The van der Waals surface area contributed by atoms with Gasteiger partial charge >= 0.3 is 0 Å². The molecule has 0 aliphatic carbocycles. The van der Waals surface area contributed by atoms with Crippen molar-refractivity contribution in [1.29, 1.82) is 0 Å². The molecule has 110 valence electrons. The minimum Gasteiger partial charge on any atom is -0.312 e. The van der Waals surface area contributed by atoms with E-state index in [2.05, 4.69) is 12.2 Å². The fourth-order valence-electron chi connectivity index (χ4n) is 3.40. The number of nitrogens with zero attached hydrogens (tertiary/aromatic N) is 1. The number of hydrogen-bond acceptors (Lipinski definition) is 3. The molecule has 0 spiro atoms. The molecule has 1 fully saturated rings. The van der Waals surface area contributed by atoms with Gasteiger partial charge in [0.05, 0.1) is 4.90 Å². The first-order valence-corrected chi connectivity index (χ1v) is 8.92. The number of nitrogens with one attached hydrogen (secondary N) is 1. The van der Waals surface area contributed by atoms with Crippen molar-refractivity contribution >= 4 is 10.0 Å². The maximum absolute atomic E-state index is 13.0. The van der Waals surface area contributed by atoms with Crippen LogP contribution >= 0.6 is 0 Å². The van der Waals surface area contributed by atoms with Gasteiger partial charge in [-0.2, -0.15) is 4.31 Å². The van der Waals surface area contributed by atoms with Crippen LogP contribution in [0.25, 0.3) is 0 Å². The van der Waals surface area contributed by atoms with E-state index in [0.29, 0.717) is 11.4 Å². The van der Waals surface area contributed by atoms with Crippen LogP contribution < -0.4 is 5.32 Å². The van der Waals surface area contributed by atoms with E-state index in [1.807, 2.05) is 12.1 Å². The fraction of sp³-hybridized carbons (Fsp3) is 0.600. The van der Waals surface area contributed by atoms with Crippen molar-refractivity contribution in [2.24, 2.45) is 0 Å². The van der Waals surface area contributed by atoms with Gasteiger partial charge in [0, 0.05) is 19.1 Å². The van der Waals surface area contributed by atoms with E-state index in [4.69, 9.17) is 0 Å². The topological polar surface area (TPSA) is 49.4 Å². The Morgan fingerprint density at radius 1 is 1.40 bits per heavy atom. The van der Waals surface area contributed by atoms with Gasteiger partial charge in [-0.05, 0) is 49.4 Å². The van der Waals surface area contributed by atoms with Gasteiger partial charge in [0.1, 0.15) is 0 Å². The van der Waals surface area contributed by atoms with Gasteiger partial charge in [-0.3, -0.25) is 0 Å². The molecule has 1 N–H and O–H groups in total. The lowest BCUT2D eigenvalue weighted by atomic mass is 10.0. The predicted molar refractivity (Wildman–Crippen MR) is 79.1 cm³/mol. The summed E-state index contributed by atoms with van der Waals surface area (Å²) in [7, 11) is -3.34. The van der Waals surface area contributed by atoms with E-state index in [0.717, 1.165) is 49.9 Å². The number of rotatable bonds is 3. The van der Waals surface area contributed by atoms with Crippen LogP contribution in [0, 0.1) is 0 Å². The number of benzene rings is 1. The summed E-state index contributed by atoms with van der Waals surface area (Å²) in [6.45, 7) is 4.37. The quantitative estimate of drug-likeness (QED) is 0.926. The first kappa shape index (κ1) is 14.0. The van der Waals surface area contributed by atoms with Gasteiger partial charge in [0.25, 0.3) is 0 Å². The van der Waals surface area contributed by atoms with Crippen molar-refractivity contribution in [3.8, 4) is 0 Å². The monoisotopic (exact) mass is 294 g/mol. The van der Waals surface area contributed by atoms with Gasteiger partial charge in [-0.25, -0.2) is 8.42 Å². The smallest absolute Gasteiger partial charge is 0.243 e. The molecule has 0 bridgehead atoms. The second-order valence-electron chi connectivity index (χ2n) is 5.64. The van der Waals surface area contributed by atoms with E-state index < -0.39 is 10.0 Å². The van der Waals surface area contributed by atoms with Crippen LogP contribution in [0.15, 0.2) is 23.1 Å². The average Bonchev–Trinajstić information content (AvgIpc) is 2.96. The average molecular weight is 294 g/mol. The molecule has 1 atom stereocenters. The Balaban J connectivity index is 2.03. The first-order valence-electron chi connectivity index (χ1n) is 7.48. The Kier molecular flexibility index (Phi) is 3.84. The zero-order valence-electron chi connectivity index (χ0n) is 11.9. The third-order valence-electron chi connectivity index (χ3n) is 4.48. The SMILES string of the molecule is CCC1CCCN1S(=O)(=O)c1cccc2c1CCNC2. The molecular weight excluding hydrogens is 272 g/mol. The highest BCUT2D eigenvalue weighted by Crippen LogP contribution is 2.31. The third-order valence-corrected chi connectivity index (χ3v) is 6.51. The van der Waals surface area contributed by atoms with Crippen molar-refractivity contribution in [1.82, 2.24) is 9.62 Å². The van der Waals surface area contributed by atoms with E-state index in [1.54, 1.807) is 10.4 Å². The van der Waals surface area contributed by atoms with Crippen molar-refractivity contribution < 1.29 is 8.42 Å². The Labute approximate surface area is 121 Å². The summed E-state index contributed by atoms with van der Waals surface area (Å²) in [5.41, 5.74) is 2.15. The van der Waals surface area contributed by atoms with Crippen molar-refractivity contribution in [3.05, 3.63) is 29.3 Å². The van der Waals surface area contributed by atoms with Gasteiger partial charge < -0.3 is 5.32 Å². The molecule has 4 nitrogen and oxygen atoms in total. The molecule has 2 aliphatic rings. The van der Waals surface area contributed by atoms with Crippen LogP contribution in [0.4, 0.5) is 0 Å². The van der Waals surface area contributed by atoms with Gasteiger partial charge in [0.15, 0.2) is 0 Å². The molecule has 0 saturated carbocycles. The van der Waals surface area contributed by atoms with E-state index in [9.17, 15) is 8.42 Å². The molecule has 0 amide bonds. The zero-order valence-corrected chi connectivity index (χ0v) is 12.7. The number of fused-ring (bicyclic) bond motifs is 1. The number of sulfonamides is 1. The van der Waals surface area contributed by atoms with Crippen LogP contribution in [-0.2, 0) is 23.0 Å². The second-order valence-corrected chi connectivity index (χ2v) is 7.50. The van der Waals surface area contributed by atoms with Crippen LogP contribution in [0.2, 0.25) is 0 Å². The molecule has 1 saturated heterocycles. The van der Waals surface area contributed by atoms with Crippen molar-refractivity contribution in [3.63, 3.8) is 0 Å². The lowest BCUT2D eigenvalue weighted by molar-refractivity contribution is 0.379. The predicted octanol–water partition coefficient (Wildman–Crippen LogP) is 1.90. The largest absolute Gasteiger partial charge is 0.312 e. The molecule has 20 heavy (non-hydrogen) atoms. The summed E-state index contributed by atoms with van der Waals surface area (Å²) in [6, 6.07) is 5.86. The molecule has 1 aromatic carbocycles. The normalized spacial score (nSPS) is 23.8. The maximum Gasteiger partial charge on any atom is 0.243 e. The molecule has 1 unspecified atom stereocenters. The Morgan fingerprint density at radius 3 is 3.05 bits per heavy atom. The summed E-state index contributed by atoms with van der Waals surface area (Å²) in [4.78, 5) is 0.539. The highest BCUT2D eigenvalue weighted by atomic mass is 32.2. The highest BCUT2D eigenvalue weighted by Gasteiger charge is 2.35. The van der Waals surface area contributed by atoms with Crippen LogP contribution in [0.3, 0.4) is 0 Å². The molecular formula is C15H22N2O2S. The van der Waals surface area contributed by atoms with Gasteiger partial charge in [-0.1, -0.05) is 19.1 Å². The van der Waals surface area contributed by atoms with Crippen molar-refractivity contribution in [2.45, 2.75) is 50.1 Å². The molecule has 2 aliphatic heterocycles. The van der Waals surface area contributed by atoms with Crippen LogP contribution in [0.5, 0.6) is 0 Å². The fourth-order valence-corrected chi connectivity index (χ4v) is 5.46. The van der Waals surface area contributed by atoms with E-state index in [1.165, 1.54) is 0 Å². The lowest BCUT2D eigenvalue weighted by Crippen LogP contribution is -2.36. The van der Waals surface area contributed by atoms with Gasteiger partial charge in [0.2, 0.25) is 10.0 Å². The minimum absolute atomic E-state index is 0.178. The Hall–Kier alpha value is -0.910. The summed E-state index contributed by atoms with van der Waals surface area (Å²) >= 11 is 0. The van der Waals surface area contributed by atoms with E-state index >= 15 is 0 Å². The summed E-state index contributed by atoms with van der Waals surface area (Å²) in [6.07, 6.45) is 3.67.